The Kier molecular flexibility index (Phi) is 5.78. The molecule has 4 amide bonds. The molecule has 2 aromatic carbocycles. The Labute approximate surface area is 182 Å². The van der Waals surface area contributed by atoms with Crippen LogP contribution in [-0.4, -0.2) is 47.5 Å². The van der Waals surface area contributed by atoms with Gasteiger partial charge in [0.15, 0.2) is 0 Å². The van der Waals surface area contributed by atoms with Crippen LogP contribution in [0.1, 0.15) is 43.7 Å². The fraction of sp³-hybridized carbons (Fsp3) is 0.375. The van der Waals surface area contributed by atoms with Gasteiger partial charge in [0, 0.05) is 12.6 Å². The summed E-state index contributed by atoms with van der Waals surface area (Å²) < 4.78 is 5.12. The number of rotatable bonds is 8. The molecule has 1 heterocycles. The van der Waals surface area contributed by atoms with Gasteiger partial charge in [0.2, 0.25) is 0 Å². The third-order valence-corrected chi connectivity index (χ3v) is 5.80. The van der Waals surface area contributed by atoms with E-state index < -0.39 is 17.8 Å². The molecule has 31 heavy (non-hydrogen) atoms. The van der Waals surface area contributed by atoms with E-state index in [0.29, 0.717) is 29.9 Å². The highest BCUT2D eigenvalue weighted by molar-refractivity contribution is 6.52. The van der Waals surface area contributed by atoms with Gasteiger partial charge in [-0.05, 0) is 54.2 Å². The van der Waals surface area contributed by atoms with Crippen LogP contribution in [0.15, 0.2) is 48.5 Å². The van der Waals surface area contributed by atoms with Crippen molar-refractivity contribution in [3.05, 3.63) is 59.7 Å². The molecule has 4 rings (SSSR count). The van der Waals surface area contributed by atoms with Crippen LogP contribution in [0.25, 0.3) is 0 Å². The molecule has 0 spiro atoms. The van der Waals surface area contributed by atoms with E-state index in [2.05, 4.69) is 43.0 Å². The summed E-state index contributed by atoms with van der Waals surface area (Å²) >= 11 is 0. The van der Waals surface area contributed by atoms with Gasteiger partial charge in [-0.15, -0.1) is 0 Å². The average Bonchev–Trinajstić information content (AvgIpc) is 3.59. The van der Waals surface area contributed by atoms with Gasteiger partial charge >= 0.3 is 17.8 Å². The first-order valence-electron chi connectivity index (χ1n) is 10.6. The Bertz CT molecular complexity index is 981. The fourth-order valence-corrected chi connectivity index (χ4v) is 3.75. The third-order valence-electron chi connectivity index (χ3n) is 5.80. The van der Waals surface area contributed by atoms with Gasteiger partial charge in [-0.2, -0.15) is 0 Å². The van der Waals surface area contributed by atoms with Crippen molar-refractivity contribution in [2.75, 3.05) is 18.7 Å². The van der Waals surface area contributed by atoms with Gasteiger partial charge in [0.05, 0.1) is 19.5 Å². The molecule has 2 fully saturated rings. The number of urea groups is 1. The molecule has 0 unspecified atom stereocenters. The molecule has 2 aromatic rings. The molecule has 1 aliphatic carbocycles. The van der Waals surface area contributed by atoms with Gasteiger partial charge in [0.1, 0.15) is 5.75 Å². The van der Waals surface area contributed by atoms with E-state index in [4.69, 9.17) is 4.74 Å². The van der Waals surface area contributed by atoms with Crippen LogP contribution in [0.2, 0.25) is 0 Å². The number of hydrogen-bond acceptors (Lipinski definition) is 5. The quantitative estimate of drug-likeness (QED) is 0.480. The normalized spacial score (nSPS) is 16.7. The molecule has 162 valence electrons. The molecule has 1 saturated carbocycles. The molecule has 7 nitrogen and oxygen atoms in total. The number of carbonyl (C=O) groups excluding carboxylic acids is 3. The molecule has 0 aromatic heterocycles. The van der Waals surface area contributed by atoms with Crippen molar-refractivity contribution in [2.45, 2.75) is 45.2 Å². The predicted molar refractivity (Wildman–Crippen MR) is 117 cm³/mol. The number of hydrogen-bond donors (Lipinski definition) is 0. The summed E-state index contributed by atoms with van der Waals surface area (Å²) in [6.45, 7) is 5.03. The highest BCUT2D eigenvalue weighted by atomic mass is 16.5. The van der Waals surface area contributed by atoms with E-state index in [1.165, 1.54) is 12.7 Å². The number of ether oxygens (including phenoxy) is 1. The summed E-state index contributed by atoms with van der Waals surface area (Å²) in [6.07, 6.45) is 2.05. The Balaban J connectivity index is 1.50. The van der Waals surface area contributed by atoms with Crippen LogP contribution in [0.4, 0.5) is 10.5 Å². The molecule has 0 bridgehead atoms. The lowest BCUT2D eigenvalue weighted by molar-refractivity contribution is -0.140. The SMILES string of the molecule is COc1ccc(N2C(=O)C(=O)N(CN(Cc3ccc(C(C)C)cc3)C3CC3)C2=O)cc1. The van der Waals surface area contributed by atoms with E-state index in [9.17, 15) is 14.4 Å². The first-order chi connectivity index (χ1) is 14.9. The summed E-state index contributed by atoms with van der Waals surface area (Å²) in [5, 5.41) is 0. The molecule has 1 aliphatic heterocycles. The van der Waals surface area contributed by atoms with E-state index in [-0.39, 0.29) is 6.67 Å². The summed E-state index contributed by atoms with van der Waals surface area (Å²) in [4.78, 5) is 42.3. The zero-order chi connectivity index (χ0) is 22.1. The number of anilines is 1. The second-order valence-electron chi connectivity index (χ2n) is 8.37. The molecule has 0 atom stereocenters. The van der Waals surface area contributed by atoms with Crippen LogP contribution in [0.5, 0.6) is 5.75 Å². The Morgan fingerprint density at radius 3 is 2.16 bits per heavy atom. The molecular formula is C24H27N3O4. The van der Waals surface area contributed by atoms with Crippen LogP contribution < -0.4 is 9.64 Å². The van der Waals surface area contributed by atoms with Crippen molar-refractivity contribution in [3.8, 4) is 5.75 Å². The molecule has 0 radical (unpaired) electrons. The number of nitrogens with zero attached hydrogens (tertiary/aromatic N) is 3. The smallest absolute Gasteiger partial charge is 0.340 e. The molecule has 7 heteroatoms. The van der Waals surface area contributed by atoms with E-state index in [0.717, 1.165) is 28.2 Å². The zero-order valence-electron chi connectivity index (χ0n) is 18.1. The Morgan fingerprint density at radius 1 is 0.968 bits per heavy atom. The summed E-state index contributed by atoms with van der Waals surface area (Å²) in [5.74, 6) is -0.549. The first kappa shape index (κ1) is 21.1. The topological polar surface area (TPSA) is 70.2 Å². The van der Waals surface area contributed by atoms with Crippen molar-refractivity contribution >= 4 is 23.5 Å². The van der Waals surface area contributed by atoms with Gasteiger partial charge in [-0.25, -0.2) is 14.6 Å². The van der Waals surface area contributed by atoms with Crippen LogP contribution in [0.3, 0.4) is 0 Å². The van der Waals surface area contributed by atoms with Crippen molar-refractivity contribution in [3.63, 3.8) is 0 Å². The fourth-order valence-electron chi connectivity index (χ4n) is 3.75. The molecule has 0 N–H and O–H groups in total. The Morgan fingerprint density at radius 2 is 1.61 bits per heavy atom. The third kappa shape index (κ3) is 4.32. The second-order valence-corrected chi connectivity index (χ2v) is 8.37. The van der Waals surface area contributed by atoms with Crippen molar-refractivity contribution < 1.29 is 19.1 Å². The standard InChI is InChI=1S/C24H27N3O4/c1-16(2)18-6-4-17(5-7-18)14-25(19-8-9-19)15-26-22(28)23(29)27(24(26)30)20-10-12-21(31-3)13-11-20/h4-7,10-13,16,19H,8-9,14-15H2,1-3H3. The highest BCUT2D eigenvalue weighted by Gasteiger charge is 2.47. The summed E-state index contributed by atoms with van der Waals surface area (Å²) in [5.41, 5.74) is 2.75. The minimum absolute atomic E-state index is 0.104. The minimum atomic E-state index is -0.827. The number of benzene rings is 2. The first-order valence-corrected chi connectivity index (χ1v) is 10.6. The minimum Gasteiger partial charge on any atom is -0.497 e. The molecular weight excluding hydrogens is 394 g/mol. The van der Waals surface area contributed by atoms with Gasteiger partial charge in [-0.3, -0.25) is 14.5 Å². The highest BCUT2D eigenvalue weighted by Crippen LogP contribution is 2.31. The maximum atomic E-state index is 13.0. The largest absolute Gasteiger partial charge is 0.497 e. The van der Waals surface area contributed by atoms with Crippen LogP contribution >= 0.6 is 0 Å². The maximum absolute atomic E-state index is 13.0. The lowest BCUT2D eigenvalue weighted by Gasteiger charge is -2.26. The summed E-state index contributed by atoms with van der Waals surface area (Å²) in [6, 6.07) is 14.6. The lowest BCUT2D eigenvalue weighted by Crippen LogP contribution is -2.43. The second kappa shape index (κ2) is 8.51. The number of carbonyl (C=O) groups is 3. The van der Waals surface area contributed by atoms with Crippen molar-refractivity contribution in [1.82, 2.24) is 9.80 Å². The maximum Gasteiger partial charge on any atom is 0.340 e. The lowest BCUT2D eigenvalue weighted by atomic mass is 10.0. The van der Waals surface area contributed by atoms with Gasteiger partial charge in [0.25, 0.3) is 0 Å². The van der Waals surface area contributed by atoms with E-state index in [1.54, 1.807) is 24.3 Å². The predicted octanol–water partition coefficient (Wildman–Crippen LogP) is 3.74. The Hall–Kier alpha value is -3.19. The number of imide groups is 2. The van der Waals surface area contributed by atoms with E-state index in [1.807, 2.05) is 0 Å². The van der Waals surface area contributed by atoms with Gasteiger partial charge < -0.3 is 4.74 Å². The number of methoxy groups -OCH3 is 1. The number of amides is 4. The van der Waals surface area contributed by atoms with Crippen molar-refractivity contribution in [1.29, 1.82) is 0 Å². The van der Waals surface area contributed by atoms with Crippen LogP contribution in [0, 0.1) is 0 Å². The zero-order valence-corrected chi connectivity index (χ0v) is 18.1. The molecule has 1 saturated heterocycles. The average molecular weight is 421 g/mol. The van der Waals surface area contributed by atoms with Gasteiger partial charge in [-0.1, -0.05) is 38.1 Å². The van der Waals surface area contributed by atoms with Crippen LogP contribution in [-0.2, 0) is 16.1 Å². The van der Waals surface area contributed by atoms with E-state index >= 15 is 0 Å². The van der Waals surface area contributed by atoms with Crippen molar-refractivity contribution in [2.24, 2.45) is 0 Å². The summed E-state index contributed by atoms with van der Waals surface area (Å²) in [7, 11) is 1.54. The molecule has 2 aliphatic rings. The monoisotopic (exact) mass is 421 g/mol.